The van der Waals surface area contributed by atoms with E-state index in [4.69, 9.17) is 4.74 Å². The van der Waals surface area contributed by atoms with Crippen LogP contribution in [0.5, 0.6) is 0 Å². The van der Waals surface area contributed by atoms with Crippen LogP contribution in [-0.2, 0) is 4.74 Å². The van der Waals surface area contributed by atoms with Crippen molar-refractivity contribution >= 4 is 29.3 Å². The summed E-state index contributed by atoms with van der Waals surface area (Å²) < 4.78 is 5.18. The molecule has 1 aromatic heterocycles. The molecule has 1 heterocycles. The summed E-state index contributed by atoms with van der Waals surface area (Å²) >= 11 is 1.43. The van der Waals surface area contributed by atoms with Crippen molar-refractivity contribution in [1.82, 2.24) is 21.3 Å². The normalized spacial score (nSPS) is 11.6. The molecule has 0 saturated carbocycles. The van der Waals surface area contributed by atoms with E-state index in [1.807, 2.05) is 45.2 Å². The topological polar surface area (TPSA) is 104 Å². The van der Waals surface area contributed by atoms with Crippen molar-refractivity contribution in [1.29, 1.82) is 0 Å². The highest BCUT2D eigenvalue weighted by atomic mass is 32.1. The van der Waals surface area contributed by atoms with Crippen LogP contribution in [0, 0.1) is 0 Å². The largest absolute Gasteiger partial charge is 0.444 e. The van der Waals surface area contributed by atoms with Gasteiger partial charge in [0.1, 0.15) is 5.60 Å². The van der Waals surface area contributed by atoms with Crippen LogP contribution in [0.15, 0.2) is 22.5 Å². The maximum atomic E-state index is 11.8. The van der Waals surface area contributed by atoms with Crippen molar-refractivity contribution in [3.63, 3.8) is 0 Å². The Balaban J connectivity index is 2.17. The number of nitrogens with one attached hydrogen (secondary N) is 4. The molecule has 0 bridgehead atoms. The number of guanidine groups is 1. The second-order valence-corrected chi connectivity index (χ2v) is 8.00. The molecule has 0 atom stereocenters. The van der Waals surface area contributed by atoms with Gasteiger partial charge in [-0.2, -0.15) is 0 Å². The molecule has 1 aromatic rings. The summed E-state index contributed by atoms with van der Waals surface area (Å²) in [4.78, 5) is 28.6. The van der Waals surface area contributed by atoms with Gasteiger partial charge in [-0.3, -0.25) is 9.79 Å². The molecular formula is C19H33N5O3S. The van der Waals surface area contributed by atoms with Gasteiger partial charge in [-0.05, 0) is 52.0 Å². The number of alkyl carbamates (subject to hydrolysis) is 1. The summed E-state index contributed by atoms with van der Waals surface area (Å²) in [6, 6.07) is 3.68. The van der Waals surface area contributed by atoms with Gasteiger partial charge < -0.3 is 26.0 Å². The third-order valence-electron chi connectivity index (χ3n) is 3.29. The van der Waals surface area contributed by atoms with Crippen LogP contribution in [0.1, 0.15) is 50.2 Å². The second-order valence-electron chi connectivity index (χ2n) is 7.06. The van der Waals surface area contributed by atoms with Crippen molar-refractivity contribution in [2.24, 2.45) is 4.99 Å². The van der Waals surface area contributed by atoms with E-state index in [-0.39, 0.29) is 5.91 Å². The lowest BCUT2D eigenvalue weighted by atomic mass is 10.2. The van der Waals surface area contributed by atoms with Gasteiger partial charge >= 0.3 is 6.09 Å². The minimum absolute atomic E-state index is 0.0342. The first-order valence-electron chi connectivity index (χ1n) is 9.62. The van der Waals surface area contributed by atoms with Crippen LogP contribution >= 0.6 is 11.3 Å². The lowest BCUT2D eigenvalue weighted by molar-refractivity contribution is 0.0527. The van der Waals surface area contributed by atoms with Gasteiger partial charge in [-0.15, -0.1) is 11.3 Å². The Labute approximate surface area is 171 Å². The highest BCUT2D eigenvalue weighted by Crippen LogP contribution is 2.07. The maximum absolute atomic E-state index is 11.8. The van der Waals surface area contributed by atoms with Crippen LogP contribution in [0.4, 0.5) is 4.79 Å². The zero-order valence-corrected chi connectivity index (χ0v) is 18.1. The number of hydrogen-bond acceptors (Lipinski definition) is 5. The summed E-state index contributed by atoms with van der Waals surface area (Å²) in [5, 5.41) is 13.9. The highest BCUT2D eigenvalue weighted by molar-refractivity contribution is 7.12. The fraction of sp³-hybridized carbons (Fsp3) is 0.632. The molecule has 0 aliphatic heterocycles. The Hall–Kier alpha value is -2.29. The van der Waals surface area contributed by atoms with Gasteiger partial charge in [0.25, 0.3) is 5.91 Å². The summed E-state index contributed by atoms with van der Waals surface area (Å²) in [6.45, 7) is 10.7. The van der Waals surface area contributed by atoms with E-state index < -0.39 is 11.7 Å². The number of carbonyl (C=O) groups is 2. The van der Waals surface area contributed by atoms with Crippen molar-refractivity contribution < 1.29 is 14.3 Å². The number of hydrogen-bond donors (Lipinski definition) is 4. The van der Waals surface area contributed by atoms with Crippen molar-refractivity contribution in [3.8, 4) is 0 Å². The third kappa shape index (κ3) is 11.4. The van der Waals surface area contributed by atoms with Gasteiger partial charge in [0.2, 0.25) is 0 Å². The fourth-order valence-electron chi connectivity index (χ4n) is 2.11. The molecule has 0 unspecified atom stereocenters. The Kier molecular flexibility index (Phi) is 11.0. The lowest BCUT2D eigenvalue weighted by Gasteiger charge is -2.19. The molecule has 1 rings (SSSR count). The molecule has 0 fully saturated rings. The van der Waals surface area contributed by atoms with Gasteiger partial charge in [0, 0.05) is 32.7 Å². The molecule has 2 amide bonds. The van der Waals surface area contributed by atoms with Gasteiger partial charge in [0.15, 0.2) is 5.96 Å². The molecule has 28 heavy (non-hydrogen) atoms. The van der Waals surface area contributed by atoms with Crippen molar-refractivity contribution in [2.75, 3.05) is 32.7 Å². The summed E-state index contributed by atoms with van der Waals surface area (Å²) in [5.41, 5.74) is -0.492. The molecule has 8 nitrogen and oxygen atoms in total. The van der Waals surface area contributed by atoms with Gasteiger partial charge in [-0.25, -0.2) is 4.79 Å². The first-order chi connectivity index (χ1) is 13.3. The Morgan fingerprint density at radius 2 is 1.79 bits per heavy atom. The first-order valence-corrected chi connectivity index (χ1v) is 10.5. The van der Waals surface area contributed by atoms with E-state index in [9.17, 15) is 9.59 Å². The molecule has 9 heteroatoms. The molecule has 0 aromatic carbocycles. The van der Waals surface area contributed by atoms with Crippen LogP contribution in [0.25, 0.3) is 0 Å². The monoisotopic (exact) mass is 411 g/mol. The Morgan fingerprint density at radius 3 is 2.43 bits per heavy atom. The first kappa shape index (κ1) is 23.7. The summed E-state index contributed by atoms with van der Waals surface area (Å²) in [7, 11) is 0. The number of rotatable bonds is 10. The predicted octanol–water partition coefficient (Wildman–Crippen LogP) is 2.34. The summed E-state index contributed by atoms with van der Waals surface area (Å²) in [6.07, 6.45) is 1.10. The van der Waals surface area contributed by atoms with E-state index in [2.05, 4.69) is 26.3 Å². The van der Waals surface area contributed by atoms with E-state index in [1.54, 1.807) is 0 Å². The highest BCUT2D eigenvalue weighted by Gasteiger charge is 2.15. The van der Waals surface area contributed by atoms with Crippen molar-refractivity contribution in [3.05, 3.63) is 22.4 Å². The average molecular weight is 412 g/mol. The zero-order valence-electron chi connectivity index (χ0n) is 17.3. The average Bonchev–Trinajstić information content (AvgIpc) is 3.14. The molecule has 0 aliphatic rings. The van der Waals surface area contributed by atoms with E-state index >= 15 is 0 Å². The van der Waals surface area contributed by atoms with E-state index in [1.165, 1.54) is 11.3 Å². The summed E-state index contributed by atoms with van der Waals surface area (Å²) in [5.74, 6) is 0.692. The molecule has 0 aliphatic carbocycles. The third-order valence-corrected chi connectivity index (χ3v) is 4.16. The number of nitrogens with zero attached hydrogens (tertiary/aromatic N) is 1. The SMILES string of the molecule is CCNC(=NCCCNC(=O)OC(C)(C)C)NCCCNC(=O)c1cccs1. The zero-order chi connectivity index (χ0) is 20.8. The van der Waals surface area contributed by atoms with Gasteiger partial charge in [-0.1, -0.05) is 6.07 Å². The number of carbonyl (C=O) groups excluding carboxylic acids is 2. The van der Waals surface area contributed by atoms with Crippen LogP contribution in [0.2, 0.25) is 0 Å². The standard InChI is InChI=1S/C19H33N5O3S/c1-5-20-17(23-12-8-13-24-18(26)27-19(2,3)4)22-11-7-10-21-16(25)15-9-6-14-28-15/h6,9,14H,5,7-8,10-13H2,1-4H3,(H,21,25)(H,24,26)(H2,20,22,23). The van der Waals surface area contributed by atoms with E-state index in [0.717, 1.165) is 23.8 Å². The van der Waals surface area contributed by atoms with Crippen LogP contribution in [0.3, 0.4) is 0 Å². The Bertz CT molecular complexity index is 612. The number of thiophene rings is 1. The number of aliphatic imine (C=N–C) groups is 1. The number of amides is 2. The number of ether oxygens (including phenoxy) is 1. The van der Waals surface area contributed by atoms with Crippen molar-refractivity contribution in [2.45, 2.75) is 46.1 Å². The Morgan fingerprint density at radius 1 is 1.07 bits per heavy atom. The minimum atomic E-state index is -0.492. The van der Waals surface area contributed by atoms with Crippen LogP contribution < -0.4 is 21.3 Å². The molecule has 158 valence electrons. The molecule has 0 spiro atoms. The smallest absolute Gasteiger partial charge is 0.407 e. The molecular weight excluding hydrogens is 378 g/mol. The lowest BCUT2D eigenvalue weighted by Crippen LogP contribution is -2.39. The predicted molar refractivity (Wildman–Crippen MR) is 114 cm³/mol. The molecule has 0 radical (unpaired) electrons. The van der Waals surface area contributed by atoms with Crippen LogP contribution in [-0.4, -0.2) is 56.3 Å². The quantitative estimate of drug-likeness (QED) is 0.269. The maximum Gasteiger partial charge on any atom is 0.407 e. The van der Waals surface area contributed by atoms with E-state index in [0.29, 0.717) is 32.6 Å². The fourth-order valence-corrected chi connectivity index (χ4v) is 2.75. The molecule has 0 saturated heterocycles. The van der Waals surface area contributed by atoms with Gasteiger partial charge in [0.05, 0.1) is 4.88 Å². The second kappa shape index (κ2) is 13.0. The molecule has 4 N–H and O–H groups in total. The minimum Gasteiger partial charge on any atom is -0.444 e.